The second kappa shape index (κ2) is 4.30. The fourth-order valence-electron chi connectivity index (χ4n) is 3.13. The highest BCUT2D eigenvalue weighted by atomic mass is 16.3. The van der Waals surface area contributed by atoms with Crippen molar-refractivity contribution >= 4 is 16.6 Å². The molecule has 0 radical (unpaired) electrons. The molecule has 1 heterocycles. The van der Waals surface area contributed by atoms with Gasteiger partial charge in [-0.1, -0.05) is 12.1 Å². The molecule has 0 amide bonds. The fourth-order valence-corrected chi connectivity index (χ4v) is 3.13. The Bertz CT molecular complexity index is 776. The van der Waals surface area contributed by atoms with Gasteiger partial charge >= 0.3 is 0 Å². The number of phenols is 1. The van der Waals surface area contributed by atoms with Crippen LogP contribution in [0, 0.1) is 0 Å². The smallest absolute Gasteiger partial charge is 0.119 e. The van der Waals surface area contributed by atoms with E-state index < -0.39 is 0 Å². The highest BCUT2D eigenvalue weighted by molar-refractivity contribution is 5.83. The Labute approximate surface area is 117 Å². The normalized spacial score (nSPS) is 17.3. The first-order valence-corrected chi connectivity index (χ1v) is 6.96. The lowest BCUT2D eigenvalue weighted by molar-refractivity contribution is 0.469. The van der Waals surface area contributed by atoms with Gasteiger partial charge in [0.15, 0.2) is 0 Å². The minimum absolute atomic E-state index is 0.286. The zero-order chi connectivity index (χ0) is 13.5. The summed E-state index contributed by atoms with van der Waals surface area (Å²) in [6.07, 6.45) is 3.92. The molecule has 0 aliphatic heterocycles. The van der Waals surface area contributed by atoms with E-state index >= 15 is 0 Å². The summed E-state index contributed by atoms with van der Waals surface area (Å²) in [5.41, 5.74) is 4.59. The van der Waals surface area contributed by atoms with Gasteiger partial charge in [-0.2, -0.15) is 0 Å². The number of rotatable bonds is 2. The number of benzene rings is 2. The highest BCUT2D eigenvalue weighted by Crippen LogP contribution is 2.38. The molecule has 1 aliphatic rings. The number of fused-ring (bicyclic) bond motifs is 2. The van der Waals surface area contributed by atoms with Gasteiger partial charge in [-0.15, -0.1) is 0 Å². The molecular weight excluding hydrogens is 248 g/mol. The van der Waals surface area contributed by atoms with Gasteiger partial charge in [-0.3, -0.25) is 0 Å². The fraction of sp³-hybridized carbons (Fsp3) is 0.176. The topological polar surface area (TPSA) is 48.0 Å². The Morgan fingerprint density at radius 2 is 2.10 bits per heavy atom. The maximum absolute atomic E-state index is 9.90. The van der Waals surface area contributed by atoms with Gasteiger partial charge in [0.25, 0.3) is 0 Å². The van der Waals surface area contributed by atoms with Crippen molar-refractivity contribution in [3.05, 3.63) is 59.8 Å². The number of H-pyrrole nitrogens is 1. The van der Waals surface area contributed by atoms with Crippen molar-refractivity contribution in [3.63, 3.8) is 0 Å². The van der Waals surface area contributed by atoms with Crippen molar-refractivity contribution in [1.29, 1.82) is 0 Å². The summed E-state index contributed by atoms with van der Waals surface area (Å²) in [5, 5.41) is 14.7. The standard InChI is InChI=1S/C17H16N2O/c20-17-3-1-2-13-14(17)5-7-16(13)19-12-4-6-15-11(10-12)8-9-18-15/h1-4,6,8-10,16,18-20H,5,7H2. The molecule has 0 spiro atoms. The van der Waals surface area contributed by atoms with Crippen LogP contribution in [0.5, 0.6) is 5.75 Å². The van der Waals surface area contributed by atoms with Crippen molar-refractivity contribution in [2.75, 3.05) is 5.32 Å². The second-order valence-corrected chi connectivity index (χ2v) is 5.36. The van der Waals surface area contributed by atoms with Crippen molar-refractivity contribution < 1.29 is 5.11 Å². The van der Waals surface area contributed by atoms with Gasteiger partial charge in [-0.05, 0) is 54.3 Å². The molecule has 1 aliphatic carbocycles. The van der Waals surface area contributed by atoms with Crippen LogP contribution in [0.3, 0.4) is 0 Å². The van der Waals surface area contributed by atoms with E-state index in [2.05, 4.69) is 40.6 Å². The van der Waals surface area contributed by atoms with E-state index in [9.17, 15) is 5.11 Å². The Morgan fingerprint density at radius 1 is 1.15 bits per heavy atom. The quantitative estimate of drug-likeness (QED) is 0.656. The molecule has 1 aromatic heterocycles. The molecule has 20 heavy (non-hydrogen) atoms. The summed E-state index contributed by atoms with van der Waals surface area (Å²) < 4.78 is 0. The molecule has 2 aromatic carbocycles. The summed E-state index contributed by atoms with van der Waals surface area (Å²) in [4.78, 5) is 3.20. The number of aromatic amines is 1. The lowest BCUT2D eigenvalue weighted by atomic mass is 10.1. The van der Waals surface area contributed by atoms with Gasteiger partial charge in [-0.25, -0.2) is 0 Å². The van der Waals surface area contributed by atoms with Crippen LogP contribution in [-0.2, 0) is 6.42 Å². The molecule has 1 unspecified atom stereocenters. The Kier molecular flexibility index (Phi) is 2.46. The third-order valence-electron chi connectivity index (χ3n) is 4.14. The van der Waals surface area contributed by atoms with Crippen LogP contribution in [0.4, 0.5) is 5.69 Å². The van der Waals surface area contributed by atoms with E-state index in [4.69, 9.17) is 0 Å². The molecule has 100 valence electrons. The number of aromatic nitrogens is 1. The van der Waals surface area contributed by atoms with Gasteiger partial charge in [0.2, 0.25) is 0 Å². The maximum atomic E-state index is 9.90. The molecule has 1 atom stereocenters. The van der Waals surface area contributed by atoms with E-state index in [0.717, 1.165) is 29.6 Å². The van der Waals surface area contributed by atoms with Crippen LogP contribution < -0.4 is 5.32 Å². The third-order valence-corrected chi connectivity index (χ3v) is 4.14. The number of nitrogens with one attached hydrogen (secondary N) is 2. The van der Waals surface area contributed by atoms with Gasteiger partial charge in [0, 0.05) is 22.8 Å². The molecule has 0 saturated heterocycles. The minimum Gasteiger partial charge on any atom is -0.508 e. The monoisotopic (exact) mass is 264 g/mol. The highest BCUT2D eigenvalue weighted by Gasteiger charge is 2.24. The molecular formula is C17H16N2O. The molecule has 0 fully saturated rings. The molecule has 3 heteroatoms. The summed E-state index contributed by atoms with van der Waals surface area (Å²) in [6, 6.07) is 14.5. The zero-order valence-electron chi connectivity index (χ0n) is 11.1. The Hall–Kier alpha value is -2.42. The molecule has 3 aromatic rings. The van der Waals surface area contributed by atoms with Crippen LogP contribution in [0.15, 0.2) is 48.7 Å². The number of aromatic hydroxyl groups is 1. The van der Waals surface area contributed by atoms with Crippen LogP contribution >= 0.6 is 0 Å². The first-order valence-electron chi connectivity index (χ1n) is 6.96. The first kappa shape index (κ1) is 11.4. The molecule has 4 rings (SSSR count). The largest absolute Gasteiger partial charge is 0.508 e. The van der Waals surface area contributed by atoms with Crippen molar-refractivity contribution in [2.24, 2.45) is 0 Å². The van der Waals surface area contributed by atoms with E-state index in [0.29, 0.717) is 5.75 Å². The van der Waals surface area contributed by atoms with Crippen molar-refractivity contribution in [2.45, 2.75) is 18.9 Å². The first-order chi connectivity index (χ1) is 9.81. The number of hydrogen-bond acceptors (Lipinski definition) is 2. The average molecular weight is 264 g/mol. The summed E-state index contributed by atoms with van der Waals surface area (Å²) in [5.74, 6) is 0.424. The predicted octanol–water partition coefficient (Wildman–Crippen LogP) is 3.97. The van der Waals surface area contributed by atoms with E-state index in [1.54, 1.807) is 6.07 Å². The lowest BCUT2D eigenvalue weighted by Gasteiger charge is -2.16. The van der Waals surface area contributed by atoms with Gasteiger partial charge in [0.1, 0.15) is 5.75 Å². The molecule has 3 N–H and O–H groups in total. The summed E-state index contributed by atoms with van der Waals surface area (Å²) >= 11 is 0. The minimum atomic E-state index is 0.286. The SMILES string of the molecule is Oc1cccc2c1CCC2Nc1ccc2[nH]ccc2c1. The van der Waals surface area contributed by atoms with E-state index in [1.165, 1.54) is 10.9 Å². The van der Waals surface area contributed by atoms with Crippen LogP contribution in [0.25, 0.3) is 10.9 Å². The molecule has 3 nitrogen and oxygen atoms in total. The third kappa shape index (κ3) is 1.74. The lowest BCUT2D eigenvalue weighted by Crippen LogP contribution is -2.06. The number of hydrogen-bond donors (Lipinski definition) is 3. The number of phenolic OH excluding ortho intramolecular Hbond substituents is 1. The number of anilines is 1. The van der Waals surface area contributed by atoms with E-state index in [-0.39, 0.29) is 6.04 Å². The summed E-state index contributed by atoms with van der Waals surface area (Å²) in [6.45, 7) is 0. The maximum Gasteiger partial charge on any atom is 0.119 e. The van der Waals surface area contributed by atoms with Crippen LogP contribution in [-0.4, -0.2) is 10.1 Å². The van der Waals surface area contributed by atoms with E-state index in [1.807, 2.05) is 12.3 Å². The van der Waals surface area contributed by atoms with Crippen LogP contribution in [0.1, 0.15) is 23.6 Å². The zero-order valence-corrected chi connectivity index (χ0v) is 11.1. The molecule has 0 bridgehead atoms. The van der Waals surface area contributed by atoms with Crippen molar-refractivity contribution in [1.82, 2.24) is 4.98 Å². The Balaban J connectivity index is 1.66. The molecule has 0 saturated carbocycles. The van der Waals surface area contributed by atoms with Crippen LogP contribution in [0.2, 0.25) is 0 Å². The second-order valence-electron chi connectivity index (χ2n) is 5.36. The average Bonchev–Trinajstić information content (AvgIpc) is 3.06. The van der Waals surface area contributed by atoms with Gasteiger partial charge in [0.05, 0.1) is 6.04 Å². The Morgan fingerprint density at radius 3 is 3.05 bits per heavy atom. The predicted molar refractivity (Wildman–Crippen MR) is 81.1 cm³/mol. The van der Waals surface area contributed by atoms with Gasteiger partial charge < -0.3 is 15.4 Å². The summed E-state index contributed by atoms with van der Waals surface area (Å²) in [7, 11) is 0. The van der Waals surface area contributed by atoms with Crippen molar-refractivity contribution in [3.8, 4) is 5.75 Å².